The third-order valence-electron chi connectivity index (χ3n) is 7.72. The van der Waals surface area contributed by atoms with Gasteiger partial charge in [0.1, 0.15) is 11.9 Å². The Labute approximate surface area is 238 Å². The number of fused-ring (bicyclic) bond motifs is 1. The van der Waals surface area contributed by atoms with Crippen molar-refractivity contribution in [3.63, 3.8) is 0 Å². The SMILES string of the molecule is C/C(=C\B(O)O)[C@@H]1C[C@@H]2O[C@@H]2CCC[C@H](C)[C@H](O[Si](C)(C)C)[C@@H](C)C(=O)C(C)(C)[C@@H](O[Si](C)(C)C)CC(=O)O1. The normalized spacial score (nSPS) is 33.8. The molecule has 39 heavy (non-hydrogen) atoms. The van der Waals surface area contributed by atoms with Crippen molar-refractivity contribution in [3.05, 3.63) is 11.5 Å². The highest BCUT2D eigenvalue weighted by Crippen LogP contribution is 2.39. The molecule has 0 amide bonds. The van der Waals surface area contributed by atoms with Crippen molar-refractivity contribution >= 4 is 35.5 Å². The highest BCUT2D eigenvalue weighted by Gasteiger charge is 2.47. The molecule has 0 unspecified atom stereocenters. The Morgan fingerprint density at radius 2 is 1.59 bits per heavy atom. The monoisotopic (exact) mass is 584 g/mol. The molecule has 2 saturated heterocycles. The third-order valence-corrected chi connectivity index (χ3v) is 9.69. The summed E-state index contributed by atoms with van der Waals surface area (Å²) in [6, 6.07) is 0. The molecule has 0 bridgehead atoms. The second-order valence-corrected chi connectivity index (χ2v) is 23.1. The van der Waals surface area contributed by atoms with E-state index in [-0.39, 0.29) is 42.4 Å². The summed E-state index contributed by atoms with van der Waals surface area (Å²) in [5.41, 5.74) is -0.400. The molecule has 0 radical (unpaired) electrons. The molecule has 2 N–H and O–H groups in total. The van der Waals surface area contributed by atoms with Gasteiger partial charge in [-0.15, -0.1) is 0 Å². The molecule has 11 heteroatoms. The van der Waals surface area contributed by atoms with E-state index in [0.29, 0.717) is 12.0 Å². The fourth-order valence-corrected chi connectivity index (χ4v) is 8.05. The second kappa shape index (κ2) is 13.4. The molecular weight excluding hydrogens is 531 g/mol. The first kappa shape index (κ1) is 34.4. The number of ether oxygens (including phenoxy) is 2. The molecule has 0 aromatic carbocycles. The Morgan fingerprint density at radius 1 is 1.00 bits per heavy atom. The number of cyclic esters (lactones) is 1. The van der Waals surface area contributed by atoms with Gasteiger partial charge in [0.25, 0.3) is 0 Å². The largest absolute Gasteiger partial charge is 0.480 e. The quantitative estimate of drug-likeness (QED) is 0.258. The maximum atomic E-state index is 14.2. The molecular formula is C28H53BO8Si2. The van der Waals surface area contributed by atoms with Crippen molar-refractivity contribution in [2.45, 2.75) is 137 Å². The van der Waals surface area contributed by atoms with Gasteiger partial charge in [-0.3, -0.25) is 9.59 Å². The van der Waals surface area contributed by atoms with Crippen molar-refractivity contribution in [2.24, 2.45) is 17.3 Å². The molecule has 0 aliphatic carbocycles. The fraction of sp³-hybridized carbons (Fsp3) is 0.857. The second-order valence-electron chi connectivity index (χ2n) is 14.2. The van der Waals surface area contributed by atoms with Gasteiger partial charge in [-0.1, -0.05) is 40.1 Å². The van der Waals surface area contributed by atoms with Crippen molar-refractivity contribution in [3.8, 4) is 0 Å². The average Bonchev–Trinajstić information content (AvgIpc) is 3.50. The Hall–Kier alpha value is -0.821. The molecule has 2 heterocycles. The summed E-state index contributed by atoms with van der Waals surface area (Å²) < 4.78 is 25.0. The van der Waals surface area contributed by atoms with Crippen LogP contribution in [0, 0.1) is 17.3 Å². The minimum absolute atomic E-state index is 0.0300. The highest BCUT2D eigenvalue weighted by molar-refractivity contribution is 6.70. The third kappa shape index (κ3) is 10.8. The Kier molecular flexibility index (Phi) is 11.8. The van der Waals surface area contributed by atoms with E-state index in [1.807, 2.05) is 40.4 Å². The van der Waals surface area contributed by atoms with E-state index in [4.69, 9.17) is 18.3 Å². The van der Waals surface area contributed by atoms with Gasteiger partial charge in [0, 0.05) is 17.8 Å². The van der Waals surface area contributed by atoms with Crippen LogP contribution < -0.4 is 0 Å². The van der Waals surface area contributed by atoms with Crippen molar-refractivity contribution in [1.29, 1.82) is 0 Å². The van der Waals surface area contributed by atoms with Crippen LogP contribution in [0.15, 0.2) is 11.5 Å². The Balaban J connectivity index is 2.47. The van der Waals surface area contributed by atoms with Crippen LogP contribution in [-0.4, -0.2) is 76.1 Å². The number of epoxide rings is 1. The first-order valence-corrected chi connectivity index (χ1v) is 21.3. The number of carbonyl (C=O) groups is 2. The zero-order chi connectivity index (χ0) is 29.9. The molecule has 2 aliphatic heterocycles. The zero-order valence-electron chi connectivity index (χ0n) is 26.1. The first-order valence-electron chi connectivity index (χ1n) is 14.5. The summed E-state index contributed by atoms with van der Waals surface area (Å²) in [6.45, 7) is 22.2. The molecule has 0 aromatic heterocycles. The van der Waals surface area contributed by atoms with Crippen molar-refractivity contribution in [1.82, 2.24) is 0 Å². The van der Waals surface area contributed by atoms with Crippen LogP contribution in [0.4, 0.5) is 0 Å². The van der Waals surface area contributed by atoms with E-state index < -0.39 is 47.3 Å². The van der Waals surface area contributed by atoms with Gasteiger partial charge in [0.15, 0.2) is 16.6 Å². The van der Waals surface area contributed by atoms with Crippen molar-refractivity contribution in [2.75, 3.05) is 0 Å². The molecule has 8 nitrogen and oxygen atoms in total. The fourth-order valence-electron chi connectivity index (χ4n) is 5.57. The van der Waals surface area contributed by atoms with E-state index in [0.717, 1.165) is 19.3 Å². The molecule has 0 spiro atoms. The predicted molar refractivity (Wildman–Crippen MR) is 159 cm³/mol. The lowest BCUT2D eigenvalue weighted by Gasteiger charge is -2.41. The van der Waals surface area contributed by atoms with E-state index >= 15 is 0 Å². The highest BCUT2D eigenvalue weighted by atomic mass is 28.4. The maximum Gasteiger partial charge on any atom is 0.480 e. The van der Waals surface area contributed by atoms with Crippen LogP contribution in [0.3, 0.4) is 0 Å². The van der Waals surface area contributed by atoms with Gasteiger partial charge in [-0.25, -0.2) is 0 Å². The maximum absolute atomic E-state index is 14.2. The minimum Gasteiger partial charge on any atom is -0.458 e. The number of carbonyl (C=O) groups excluding carboxylic acids is 2. The number of Topliss-reactive ketones (excluding diaryl/α,β-unsaturated/α-hetero) is 1. The number of rotatable bonds is 6. The number of hydrogen-bond acceptors (Lipinski definition) is 8. The number of ketones is 1. The molecule has 2 aliphatic rings. The van der Waals surface area contributed by atoms with Crippen LogP contribution >= 0.6 is 0 Å². The number of esters is 1. The van der Waals surface area contributed by atoms with Gasteiger partial charge in [-0.05, 0) is 70.5 Å². The summed E-state index contributed by atoms with van der Waals surface area (Å²) in [5.74, 6) is 0.639. The van der Waals surface area contributed by atoms with E-state index in [1.54, 1.807) is 6.92 Å². The lowest BCUT2D eigenvalue weighted by molar-refractivity contribution is -0.153. The molecule has 2 rings (SSSR count). The summed E-state index contributed by atoms with van der Waals surface area (Å²) in [7, 11) is -5.74. The molecule has 2 fully saturated rings. The van der Waals surface area contributed by atoms with Crippen LogP contribution in [0.2, 0.25) is 39.3 Å². The van der Waals surface area contributed by atoms with E-state index in [1.165, 1.54) is 5.98 Å². The molecule has 224 valence electrons. The summed E-state index contributed by atoms with van der Waals surface area (Å²) in [6.07, 6.45) is 1.60. The standard InChI is InChI=1S/C28H53BO8Si2/c1-18-13-12-14-21-23(34-21)15-22(19(2)17-29(32)33)35-25(30)16-24(36-38(6,7)8)28(4,5)27(31)20(3)26(18)37-39(9,10)11/h17-18,20-24,26,32-33H,12-16H2,1-11H3/b19-17+/t18-,20+,21+,22-,23-,24-,26-/m0/s1. The van der Waals surface area contributed by atoms with Crippen LogP contribution in [0.25, 0.3) is 0 Å². The topological polar surface area (TPSA) is 115 Å². The first-order chi connectivity index (χ1) is 17.7. The average molecular weight is 585 g/mol. The zero-order valence-corrected chi connectivity index (χ0v) is 28.1. The molecule has 7 atom stereocenters. The smallest absolute Gasteiger partial charge is 0.458 e. The van der Waals surface area contributed by atoms with E-state index in [9.17, 15) is 19.6 Å². The minimum atomic E-state index is -2.15. The lowest BCUT2D eigenvalue weighted by atomic mass is 9.73. The van der Waals surface area contributed by atoms with Crippen LogP contribution in [0.1, 0.15) is 66.7 Å². The Morgan fingerprint density at radius 3 is 2.13 bits per heavy atom. The predicted octanol–water partition coefficient (Wildman–Crippen LogP) is 4.90. The van der Waals surface area contributed by atoms with Gasteiger partial charge >= 0.3 is 13.1 Å². The molecule has 0 saturated carbocycles. The van der Waals surface area contributed by atoms with Gasteiger partial charge in [0.05, 0.1) is 30.8 Å². The van der Waals surface area contributed by atoms with Gasteiger partial charge in [0.2, 0.25) is 0 Å². The van der Waals surface area contributed by atoms with Gasteiger partial charge in [-0.2, -0.15) is 0 Å². The van der Waals surface area contributed by atoms with Crippen LogP contribution in [-0.2, 0) is 27.9 Å². The number of hydrogen-bond donors (Lipinski definition) is 2. The van der Waals surface area contributed by atoms with Crippen molar-refractivity contribution < 1.29 is 38.0 Å². The van der Waals surface area contributed by atoms with E-state index in [2.05, 4.69) is 26.6 Å². The van der Waals surface area contributed by atoms with Crippen LogP contribution in [0.5, 0.6) is 0 Å². The summed E-state index contributed by atoms with van der Waals surface area (Å²) >= 11 is 0. The summed E-state index contributed by atoms with van der Waals surface area (Å²) in [5, 5.41) is 19.0. The summed E-state index contributed by atoms with van der Waals surface area (Å²) in [4.78, 5) is 27.6. The molecule has 0 aromatic rings. The van der Waals surface area contributed by atoms with Gasteiger partial charge < -0.3 is 28.4 Å². The Bertz CT molecular complexity index is 880. The lowest BCUT2D eigenvalue weighted by Crippen LogP contribution is -2.51.